The molecular weight excluding hydrogens is 380 g/mol. The average Bonchev–Trinajstić information content (AvgIpc) is 2.96. The average molecular weight is 407 g/mol. The summed E-state index contributed by atoms with van der Waals surface area (Å²) in [5.74, 6) is -0.259. The van der Waals surface area contributed by atoms with Crippen LogP contribution in [-0.4, -0.2) is 54.7 Å². The van der Waals surface area contributed by atoms with Gasteiger partial charge >= 0.3 is 0 Å². The lowest BCUT2D eigenvalue weighted by molar-refractivity contribution is -0.116. The van der Waals surface area contributed by atoms with E-state index in [0.29, 0.717) is 43.4 Å². The van der Waals surface area contributed by atoms with Crippen LogP contribution in [0.5, 0.6) is 0 Å². The van der Waals surface area contributed by atoms with Crippen LogP contribution in [0.25, 0.3) is 0 Å². The van der Waals surface area contributed by atoms with Crippen molar-refractivity contribution in [2.75, 3.05) is 31.6 Å². The fourth-order valence-corrected chi connectivity index (χ4v) is 5.06. The van der Waals surface area contributed by atoms with Gasteiger partial charge in [0.1, 0.15) is 11.4 Å². The Morgan fingerprint density at radius 1 is 1.18 bits per heavy atom. The van der Waals surface area contributed by atoms with Crippen LogP contribution in [0.4, 0.5) is 5.69 Å². The van der Waals surface area contributed by atoms with Crippen molar-refractivity contribution in [1.29, 1.82) is 0 Å². The highest BCUT2D eigenvalue weighted by atomic mass is 32.2. The van der Waals surface area contributed by atoms with E-state index in [1.807, 2.05) is 24.3 Å². The van der Waals surface area contributed by atoms with Gasteiger partial charge in [0.15, 0.2) is 0 Å². The van der Waals surface area contributed by atoms with E-state index in [4.69, 9.17) is 4.74 Å². The summed E-state index contributed by atoms with van der Waals surface area (Å²) in [5.41, 5.74) is 2.74. The van der Waals surface area contributed by atoms with Gasteiger partial charge in [-0.2, -0.15) is 9.40 Å². The van der Waals surface area contributed by atoms with Crippen molar-refractivity contribution in [3.8, 4) is 0 Å². The summed E-state index contributed by atoms with van der Waals surface area (Å²) >= 11 is 0. The summed E-state index contributed by atoms with van der Waals surface area (Å²) in [5, 5.41) is 7.12. The number of anilines is 1. The van der Waals surface area contributed by atoms with Crippen molar-refractivity contribution in [3.05, 3.63) is 41.2 Å². The van der Waals surface area contributed by atoms with Crippen molar-refractivity contribution in [3.63, 3.8) is 0 Å². The molecule has 152 valence electrons. The minimum absolute atomic E-state index is 0.0547. The minimum Gasteiger partial charge on any atom is -0.379 e. The molecular formula is C19H26N4O4S. The number of morpholine rings is 1. The predicted molar refractivity (Wildman–Crippen MR) is 106 cm³/mol. The summed E-state index contributed by atoms with van der Waals surface area (Å²) in [7, 11) is -3.67. The Labute approximate surface area is 165 Å². The molecule has 2 aromatic rings. The second kappa shape index (κ2) is 8.42. The second-order valence-corrected chi connectivity index (χ2v) is 8.65. The van der Waals surface area contributed by atoms with Gasteiger partial charge in [-0.1, -0.05) is 19.1 Å². The Morgan fingerprint density at radius 3 is 2.43 bits per heavy atom. The van der Waals surface area contributed by atoms with Crippen LogP contribution in [0.2, 0.25) is 0 Å². The van der Waals surface area contributed by atoms with Gasteiger partial charge in [0, 0.05) is 18.8 Å². The minimum atomic E-state index is -3.67. The van der Waals surface area contributed by atoms with Gasteiger partial charge < -0.3 is 10.1 Å². The zero-order valence-electron chi connectivity index (χ0n) is 16.4. The monoisotopic (exact) mass is 406 g/mol. The van der Waals surface area contributed by atoms with Crippen LogP contribution >= 0.6 is 0 Å². The molecule has 9 heteroatoms. The number of ether oxygens (including phenoxy) is 1. The SMILES string of the molecule is CCc1ccc(NC(=O)Cn2nc(C)c(S(=O)(=O)N3CCOCC3)c2C)cc1. The van der Waals surface area contributed by atoms with E-state index in [1.165, 1.54) is 14.6 Å². The molecule has 1 N–H and O–H groups in total. The van der Waals surface area contributed by atoms with Crippen LogP contribution in [-0.2, 0) is 32.5 Å². The van der Waals surface area contributed by atoms with E-state index in [9.17, 15) is 13.2 Å². The van der Waals surface area contributed by atoms with Gasteiger partial charge in [0.05, 0.1) is 24.6 Å². The number of carbonyl (C=O) groups excluding carboxylic acids is 1. The third-order valence-corrected chi connectivity index (χ3v) is 6.97. The van der Waals surface area contributed by atoms with Crippen LogP contribution in [0.3, 0.4) is 0 Å². The molecule has 28 heavy (non-hydrogen) atoms. The maximum absolute atomic E-state index is 13.0. The molecule has 1 amide bonds. The summed E-state index contributed by atoms with van der Waals surface area (Å²) in [6.07, 6.45) is 0.931. The molecule has 0 bridgehead atoms. The third-order valence-electron chi connectivity index (χ3n) is 4.82. The quantitative estimate of drug-likeness (QED) is 0.788. The highest BCUT2D eigenvalue weighted by Crippen LogP contribution is 2.24. The molecule has 1 aromatic carbocycles. The summed E-state index contributed by atoms with van der Waals surface area (Å²) in [4.78, 5) is 12.6. The molecule has 8 nitrogen and oxygen atoms in total. The highest BCUT2D eigenvalue weighted by Gasteiger charge is 2.32. The van der Waals surface area contributed by atoms with Crippen LogP contribution in [0, 0.1) is 13.8 Å². The van der Waals surface area contributed by atoms with Crippen molar-refractivity contribution in [1.82, 2.24) is 14.1 Å². The molecule has 0 saturated carbocycles. The number of nitrogens with zero attached hydrogens (tertiary/aromatic N) is 3. The highest BCUT2D eigenvalue weighted by molar-refractivity contribution is 7.89. The van der Waals surface area contributed by atoms with Crippen molar-refractivity contribution < 1.29 is 17.9 Å². The van der Waals surface area contributed by atoms with Crippen LogP contribution in [0.1, 0.15) is 23.9 Å². The van der Waals surface area contributed by atoms with Gasteiger partial charge in [-0.05, 0) is 38.0 Å². The summed E-state index contributed by atoms with van der Waals surface area (Å²) in [6, 6.07) is 7.64. The molecule has 2 heterocycles. The topological polar surface area (TPSA) is 93.5 Å². The number of sulfonamides is 1. The van der Waals surface area contributed by atoms with E-state index < -0.39 is 10.0 Å². The largest absolute Gasteiger partial charge is 0.379 e. The zero-order chi connectivity index (χ0) is 20.3. The fourth-order valence-electron chi connectivity index (χ4n) is 3.28. The molecule has 0 unspecified atom stereocenters. The van der Waals surface area contributed by atoms with Crippen molar-refractivity contribution in [2.24, 2.45) is 0 Å². The number of aromatic nitrogens is 2. The van der Waals surface area contributed by atoms with Gasteiger partial charge in [0.25, 0.3) is 0 Å². The van der Waals surface area contributed by atoms with E-state index in [1.54, 1.807) is 13.8 Å². The molecule has 1 fully saturated rings. The normalized spacial score (nSPS) is 15.5. The number of rotatable bonds is 6. The van der Waals surface area contributed by atoms with Gasteiger partial charge in [0.2, 0.25) is 15.9 Å². The van der Waals surface area contributed by atoms with E-state index in [-0.39, 0.29) is 17.3 Å². The summed E-state index contributed by atoms with van der Waals surface area (Å²) in [6.45, 7) is 6.74. The second-order valence-electron chi connectivity index (χ2n) is 6.77. The molecule has 1 aliphatic rings. The Balaban J connectivity index is 1.76. The molecule has 0 spiro atoms. The molecule has 1 aliphatic heterocycles. The first kappa shape index (κ1) is 20.5. The predicted octanol–water partition coefficient (Wildman–Crippen LogP) is 1.72. The van der Waals surface area contributed by atoms with Crippen molar-refractivity contribution >= 4 is 21.6 Å². The number of carbonyl (C=O) groups is 1. The van der Waals surface area contributed by atoms with Gasteiger partial charge in [-0.25, -0.2) is 8.42 Å². The lowest BCUT2D eigenvalue weighted by Gasteiger charge is -2.26. The molecule has 0 radical (unpaired) electrons. The Morgan fingerprint density at radius 2 is 1.82 bits per heavy atom. The number of nitrogens with one attached hydrogen (secondary N) is 1. The first-order valence-corrected chi connectivity index (χ1v) is 10.8. The maximum atomic E-state index is 13.0. The van der Waals surface area contributed by atoms with Gasteiger partial charge in [-0.15, -0.1) is 0 Å². The fraction of sp³-hybridized carbons (Fsp3) is 0.474. The third kappa shape index (κ3) is 4.26. The smallest absolute Gasteiger partial charge is 0.246 e. The first-order valence-electron chi connectivity index (χ1n) is 9.33. The van der Waals surface area contributed by atoms with E-state index in [0.717, 1.165) is 6.42 Å². The number of aryl methyl sites for hydroxylation is 2. The van der Waals surface area contributed by atoms with Crippen LogP contribution < -0.4 is 5.32 Å². The van der Waals surface area contributed by atoms with Crippen LogP contribution in [0.15, 0.2) is 29.2 Å². The van der Waals surface area contributed by atoms with E-state index in [2.05, 4.69) is 17.3 Å². The van der Waals surface area contributed by atoms with Gasteiger partial charge in [-0.3, -0.25) is 9.48 Å². The van der Waals surface area contributed by atoms with E-state index >= 15 is 0 Å². The number of hydrogen-bond acceptors (Lipinski definition) is 5. The Kier molecular flexibility index (Phi) is 6.17. The standard InChI is InChI=1S/C19H26N4O4S/c1-4-16-5-7-17(8-6-16)20-18(24)13-23-15(3)19(14(2)21-23)28(25,26)22-9-11-27-12-10-22/h5-8H,4,9-13H2,1-3H3,(H,20,24). The lowest BCUT2D eigenvalue weighted by Crippen LogP contribution is -2.41. The Hall–Kier alpha value is -2.23. The molecule has 3 rings (SSSR count). The zero-order valence-corrected chi connectivity index (χ0v) is 17.3. The number of hydrogen-bond donors (Lipinski definition) is 1. The first-order chi connectivity index (χ1) is 13.3. The molecule has 1 aromatic heterocycles. The summed E-state index contributed by atoms with van der Waals surface area (Å²) < 4.78 is 34.1. The Bertz CT molecular complexity index is 945. The maximum Gasteiger partial charge on any atom is 0.246 e. The molecule has 0 aliphatic carbocycles. The van der Waals surface area contributed by atoms with Crippen molar-refractivity contribution in [2.45, 2.75) is 38.6 Å². The molecule has 0 atom stereocenters. The number of amides is 1. The number of benzene rings is 1. The molecule has 1 saturated heterocycles. The lowest BCUT2D eigenvalue weighted by atomic mass is 10.1.